The first kappa shape index (κ1) is 15.0. The molecule has 76 valence electrons. The third-order valence-electron chi connectivity index (χ3n) is 1.49. The fraction of sp³-hybridized carbons (Fsp3) is 0.375. The maximum Gasteiger partial charge on any atom is 0.213 e. The van der Waals surface area contributed by atoms with E-state index in [-0.39, 0.29) is 30.9 Å². The molecule has 0 bridgehead atoms. The zero-order valence-corrected chi connectivity index (χ0v) is 9.19. The van der Waals surface area contributed by atoms with Crippen LogP contribution in [0.5, 0.6) is 5.88 Å². The maximum absolute atomic E-state index is 5.65. The minimum absolute atomic E-state index is 0. The minimum atomic E-state index is 0. The molecule has 0 fully saturated rings. The van der Waals surface area contributed by atoms with Crippen molar-refractivity contribution in [3.05, 3.63) is 23.9 Å². The van der Waals surface area contributed by atoms with Crippen LogP contribution in [-0.2, 0) is 0 Å². The van der Waals surface area contributed by atoms with E-state index in [4.69, 9.17) is 10.5 Å². The highest BCUT2D eigenvalue weighted by molar-refractivity contribution is 5.85. The number of hydrogen-bond donors (Lipinski definition) is 1. The minimum Gasteiger partial charge on any atom is -0.481 e. The van der Waals surface area contributed by atoms with Crippen molar-refractivity contribution in [2.45, 2.75) is 13.0 Å². The number of rotatable bonds is 2. The van der Waals surface area contributed by atoms with E-state index in [0.717, 1.165) is 5.56 Å². The lowest BCUT2D eigenvalue weighted by atomic mass is 10.1. The molecule has 2 N–H and O–H groups in total. The molecule has 0 saturated carbocycles. The highest BCUT2D eigenvalue weighted by atomic mass is 35.5. The van der Waals surface area contributed by atoms with Crippen LogP contribution in [0.4, 0.5) is 0 Å². The second kappa shape index (κ2) is 6.95. The van der Waals surface area contributed by atoms with Crippen LogP contribution >= 0.6 is 24.8 Å². The third-order valence-corrected chi connectivity index (χ3v) is 1.49. The molecule has 0 saturated heterocycles. The molecule has 1 rings (SSSR count). The molecular weight excluding hydrogens is 211 g/mol. The van der Waals surface area contributed by atoms with Gasteiger partial charge in [0.15, 0.2) is 0 Å². The van der Waals surface area contributed by atoms with Gasteiger partial charge in [-0.05, 0) is 18.6 Å². The van der Waals surface area contributed by atoms with E-state index in [9.17, 15) is 0 Å². The standard InChI is InChI=1S/C8H12N2O.2ClH/c1-6(9)7-3-4-10-8(5-7)11-2;;/h3-6H,9H2,1-2H3;2*1H. The van der Waals surface area contributed by atoms with Crippen LogP contribution in [0.2, 0.25) is 0 Å². The van der Waals surface area contributed by atoms with Gasteiger partial charge in [0.2, 0.25) is 5.88 Å². The Bertz CT molecular complexity index is 243. The van der Waals surface area contributed by atoms with Crippen LogP contribution in [-0.4, -0.2) is 12.1 Å². The van der Waals surface area contributed by atoms with Crippen molar-refractivity contribution >= 4 is 24.8 Å². The van der Waals surface area contributed by atoms with Gasteiger partial charge >= 0.3 is 0 Å². The fourth-order valence-corrected chi connectivity index (χ4v) is 0.820. The van der Waals surface area contributed by atoms with Crippen LogP contribution in [0.25, 0.3) is 0 Å². The summed E-state index contributed by atoms with van der Waals surface area (Å²) >= 11 is 0. The third kappa shape index (κ3) is 4.31. The monoisotopic (exact) mass is 224 g/mol. The SMILES string of the molecule is COc1cc(C(C)N)ccn1.Cl.Cl. The Morgan fingerprint density at radius 1 is 1.46 bits per heavy atom. The van der Waals surface area contributed by atoms with Gasteiger partial charge in [0.1, 0.15) is 0 Å². The Kier molecular flexibility index (Phi) is 8.01. The molecule has 3 nitrogen and oxygen atoms in total. The van der Waals surface area contributed by atoms with Crippen molar-refractivity contribution < 1.29 is 4.74 Å². The molecule has 5 heteroatoms. The molecule has 0 aliphatic rings. The first-order chi connectivity index (χ1) is 5.24. The summed E-state index contributed by atoms with van der Waals surface area (Å²) in [5, 5.41) is 0. The average molecular weight is 225 g/mol. The Morgan fingerprint density at radius 2 is 2.08 bits per heavy atom. The summed E-state index contributed by atoms with van der Waals surface area (Å²) in [6, 6.07) is 3.75. The van der Waals surface area contributed by atoms with Crippen LogP contribution in [0, 0.1) is 0 Å². The molecule has 1 aromatic heterocycles. The summed E-state index contributed by atoms with van der Waals surface area (Å²) in [7, 11) is 1.59. The predicted molar refractivity (Wildman–Crippen MR) is 57.9 cm³/mol. The van der Waals surface area contributed by atoms with Crippen molar-refractivity contribution in [1.82, 2.24) is 4.98 Å². The van der Waals surface area contributed by atoms with Gasteiger partial charge in [-0.25, -0.2) is 4.98 Å². The maximum atomic E-state index is 5.65. The molecule has 0 radical (unpaired) electrons. The lowest BCUT2D eigenvalue weighted by Gasteiger charge is -2.05. The van der Waals surface area contributed by atoms with Crippen molar-refractivity contribution in [3.63, 3.8) is 0 Å². The second-order valence-corrected chi connectivity index (χ2v) is 2.42. The summed E-state index contributed by atoms with van der Waals surface area (Å²) in [5.74, 6) is 0.611. The number of methoxy groups -OCH3 is 1. The smallest absolute Gasteiger partial charge is 0.213 e. The van der Waals surface area contributed by atoms with Crippen LogP contribution in [0.15, 0.2) is 18.3 Å². The topological polar surface area (TPSA) is 48.1 Å². The molecule has 0 amide bonds. The molecule has 0 aliphatic heterocycles. The molecule has 0 aromatic carbocycles. The van der Waals surface area contributed by atoms with E-state index >= 15 is 0 Å². The van der Waals surface area contributed by atoms with Gasteiger partial charge in [-0.3, -0.25) is 0 Å². The summed E-state index contributed by atoms with van der Waals surface area (Å²) in [4.78, 5) is 3.96. The van der Waals surface area contributed by atoms with E-state index in [0.29, 0.717) is 5.88 Å². The van der Waals surface area contributed by atoms with E-state index in [2.05, 4.69) is 4.98 Å². The normalized spacial score (nSPS) is 10.7. The van der Waals surface area contributed by atoms with Gasteiger partial charge in [0.25, 0.3) is 0 Å². The van der Waals surface area contributed by atoms with Crippen LogP contribution in [0.3, 0.4) is 0 Å². The molecule has 0 aliphatic carbocycles. The van der Waals surface area contributed by atoms with E-state index < -0.39 is 0 Å². The van der Waals surface area contributed by atoms with Gasteiger partial charge < -0.3 is 10.5 Å². The number of pyridine rings is 1. The van der Waals surface area contributed by atoms with E-state index in [1.807, 2.05) is 19.1 Å². The van der Waals surface area contributed by atoms with Gasteiger partial charge in [-0.2, -0.15) is 0 Å². The quantitative estimate of drug-likeness (QED) is 0.836. The lowest BCUT2D eigenvalue weighted by molar-refractivity contribution is 0.397. The van der Waals surface area contributed by atoms with Crippen molar-refractivity contribution in [1.29, 1.82) is 0 Å². The van der Waals surface area contributed by atoms with Gasteiger partial charge in [-0.1, -0.05) is 0 Å². The molecule has 0 spiro atoms. The Labute approximate surface area is 90.5 Å². The zero-order chi connectivity index (χ0) is 8.27. The molecule has 1 aromatic rings. The average Bonchev–Trinajstić information content (AvgIpc) is 2.05. The van der Waals surface area contributed by atoms with Gasteiger partial charge in [0.05, 0.1) is 7.11 Å². The highest BCUT2D eigenvalue weighted by Crippen LogP contribution is 2.13. The zero-order valence-electron chi connectivity index (χ0n) is 7.56. The fourth-order valence-electron chi connectivity index (χ4n) is 0.820. The van der Waals surface area contributed by atoms with Crippen molar-refractivity contribution in [2.24, 2.45) is 5.73 Å². The first-order valence-corrected chi connectivity index (χ1v) is 3.49. The number of ether oxygens (including phenoxy) is 1. The number of nitrogens with zero attached hydrogens (tertiary/aromatic N) is 1. The van der Waals surface area contributed by atoms with E-state index in [1.165, 1.54) is 0 Å². The number of hydrogen-bond acceptors (Lipinski definition) is 3. The lowest BCUT2D eigenvalue weighted by Crippen LogP contribution is -2.05. The number of halogens is 2. The molecule has 1 heterocycles. The van der Waals surface area contributed by atoms with Gasteiger partial charge in [-0.15, -0.1) is 24.8 Å². The van der Waals surface area contributed by atoms with Crippen LogP contribution < -0.4 is 10.5 Å². The highest BCUT2D eigenvalue weighted by Gasteiger charge is 1.99. The van der Waals surface area contributed by atoms with Crippen molar-refractivity contribution in [3.8, 4) is 5.88 Å². The Balaban J connectivity index is 0. The summed E-state index contributed by atoms with van der Waals surface area (Å²) in [5.41, 5.74) is 6.69. The summed E-state index contributed by atoms with van der Waals surface area (Å²) in [6.07, 6.45) is 1.69. The molecule has 13 heavy (non-hydrogen) atoms. The molecule has 1 atom stereocenters. The predicted octanol–water partition coefficient (Wildman–Crippen LogP) is 1.95. The van der Waals surface area contributed by atoms with Crippen LogP contribution in [0.1, 0.15) is 18.5 Å². The van der Waals surface area contributed by atoms with Crippen molar-refractivity contribution in [2.75, 3.05) is 7.11 Å². The Morgan fingerprint density at radius 3 is 2.54 bits per heavy atom. The largest absolute Gasteiger partial charge is 0.481 e. The summed E-state index contributed by atoms with van der Waals surface area (Å²) in [6.45, 7) is 1.93. The van der Waals surface area contributed by atoms with E-state index in [1.54, 1.807) is 13.3 Å². The summed E-state index contributed by atoms with van der Waals surface area (Å²) < 4.78 is 4.94. The molecule has 1 unspecified atom stereocenters. The second-order valence-electron chi connectivity index (χ2n) is 2.42. The number of nitrogens with two attached hydrogens (primary N) is 1. The number of aromatic nitrogens is 1. The Hall–Kier alpha value is -0.510. The first-order valence-electron chi connectivity index (χ1n) is 3.49. The molecular formula is C8H14Cl2N2O. The van der Waals surface area contributed by atoms with Gasteiger partial charge in [0, 0.05) is 18.3 Å².